The predicted molar refractivity (Wildman–Crippen MR) is 38.6 cm³/mol. The van der Waals surface area contributed by atoms with Crippen LogP contribution in [0.15, 0.2) is 12.3 Å². The summed E-state index contributed by atoms with van der Waals surface area (Å²) >= 11 is 0. The largest absolute Gasteiger partial charge is 0.333 e. The number of hydrogen-bond donors (Lipinski definition) is 1. The van der Waals surface area contributed by atoms with Crippen molar-refractivity contribution in [1.29, 1.82) is 0 Å². The van der Waals surface area contributed by atoms with E-state index >= 15 is 0 Å². The normalized spacial score (nSPS) is 9.82. The molecule has 0 aromatic carbocycles. The van der Waals surface area contributed by atoms with Gasteiger partial charge in [0.15, 0.2) is 0 Å². The molecule has 0 aliphatic carbocycles. The lowest BCUT2D eigenvalue weighted by atomic mass is 10.4. The van der Waals surface area contributed by atoms with E-state index < -0.39 is 6.55 Å². The fourth-order valence-electron chi connectivity index (χ4n) is 0.595. The summed E-state index contributed by atoms with van der Waals surface area (Å²) in [4.78, 5) is 0. The van der Waals surface area contributed by atoms with Gasteiger partial charge in [-0.05, 0) is 6.07 Å². The molecule has 64 valence electrons. The SMILES string of the molecule is Cl.NCc1ccn(C(F)F)n1. The fraction of sp³-hybridized carbons (Fsp3) is 0.400. The van der Waals surface area contributed by atoms with Crippen molar-refractivity contribution in [1.82, 2.24) is 9.78 Å². The number of nitrogens with zero attached hydrogens (tertiary/aromatic N) is 2. The van der Waals surface area contributed by atoms with Gasteiger partial charge >= 0.3 is 6.55 Å². The minimum Gasteiger partial charge on any atom is -0.325 e. The quantitative estimate of drug-likeness (QED) is 0.748. The van der Waals surface area contributed by atoms with E-state index in [2.05, 4.69) is 5.10 Å². The molecule has 0 saturated heterocycles. The summed E-state index contributed by atoms with van der Waals surface area (Å²) in [5, 5.41) is 3.47. The van der Waals surface area contributed by atoms with Crippen LogP contribution in [0.1, 0.15) is 12.2 Å². The molecule has 3 nitrogen and oxygen atoms in total. The molecule has 1 rings (SSSR count). The molecule has 0 atom stereocenters. The summed E-state index contributed by atoms with van der Waals surface area (Å²) in [6, 6.07) is 1.46. The molecule has 1 aromatic heterocycles. The van der Waals surface area contributed by atoms with Gasteiger partial charge in [0.05, 0.1) is 5.69 Å². The summed E-state index contributed by atoms with van der Waals surface area (Å²) < 4.78 is 24.1. The Balaban J connectivity index is 0.000001000. The van der Waals surface area contributed by atoms with E-state index in [0.717, 1.165) is 0 Å². The van der Waals surface area contributed by atoms with Crippen LogP contribution in [0.3, 0.4) is 0 Å². The number of nitrogens with two attached hydrogens (primary N) is 1. The standard InChI is InChI=1S/C5H7F2N3.ClH/c6-5(7)10-2-1-4(3-8)9-10;/h1-2,5H,3,8H2;1H. The summed E-state index contributed by atoms with van der Waals surface area (Å²) in [5.41, 5.74) is 5.62. The van der Waals surface area contributed by atoms with Crippen LogP contribution >= 0.6 is 12.4 Å². The molecular formula is C5H8ClF2N3. The second kappa shape index (κ2) is 4.25. The number of hydrogen-bond acceptors (Lipinski definition) is 2. The van der Waals surface area contributed by atoms with Crippen LogP contribution in [-0.2, 0) is 6.54 Å². The van der Waals surface area contributed by atoms with E-state index in [4.69, 9.17) is 5.73 Å². The maximum atomic E-state index is 11.8. The molecule has 0 radical (unpaired) electrons. The molecule has 0 unspecified atom stereocenters. The fourth-order valence-corrected chi connectivity index (χ4v) is 0.595. The summed E-state index contributed by atoms with van der Waals surface area (Å²) in [6.07, 6.45) is 1.20. The highest BCUT2D eigenvalue weighted by molar-refractivity contribution is 5.85. The monoisotopic (exact) mass is 183 g/mol. The first-order valence-corrected chi connectivity index (χ1v) is 2.76. The lowest BCUT2D eigenvalue weighted by Gasteiger charge is -1.95. The summed E-state index contributed by atoms with van der Waals surface area (Å²) in [7, 11) is 0. The lowest BCUT2D eigenvalue weighted by Crippen LogP contribution is -2.02. The Kier molecular flexibility index (Phi) is 3.99. The molecule has 0 bridgehead atoms. The third-order valence-electron chi connectivity index (χ3n) is 1.07. The number of halogens is 3. The summed E-state index contributed by atoms with van der Waals surface area (Å²) in [6.45, 7) is -2.38. The second-order valence-electron chi connectivity index (χ2n) is 1.77. The molecule has 0 fully saturated rings. The van der Waals surface area contributed by atoms with Gasteiger partial charge in [0.25, 0.3) is 0 Å². The Hall–Kier alpha value is -0.680. The van der Waals surface area contributed by atoms with Crippen LogP contribution < -0.4 is 5.73 Å². The van der Waals surface area contributed by atoms with E-state index in [1.54, 1.807) is 0 Å². The molecule has 11 heavy (non-hydrogen) atoms. The second-order valence-corrected chi connectivity index (χ2v) is 1.77. The van der Waals surface area contributed by atoms with Crippen molar-refractivity contribution in [2.75, 3.05) is 0 Å². The molecule has 0 aliphatic rings. The molecule has 0 amide bonds. The minimum absolute atomic E-state index is 0. The first-order chi connectivity index (χ1) is 4.74. The average Bonchev–Trinajstić information content (AvgIpc) is 2.34. The van der Waals surface area contributed by atoms with E-state index in [1.165, 1.54) is 12.3 Å². The van der Waals surface area contributed by atoms with Crippen LogP contribution in [-0.4, -0.2) is 9.78 Å². The Bertz CT molecular complexity index is 213. The minimum atomic E-state index is -2.57. The zero-order chi connectivity index (χ0) is 7.56. The molecule has 0 saturated carbocycles. The molecular weight excluding hydrogens is 176 g/mol. The third-order valence-corrected chi connectivity index (χ3v) is 1.07. The van der Waals surface area contributed by atoms with Crippen LogP contribution in [0.2, 0.25) is 0 Å². The van der Waals surface area contributed by atoms with Crippen LogP contribution in [0.5, 0.6) is 0 Å². The zero-order valence-corrected chi connectivity index (χ0v) is 6.39. The highest BCUT2D eigenvalue weighted by atomic mass is 35.5. The molecule has 1 heterocycles. The van der Waals surface area contributed by atoms with Gasteiger partial charge in [-0.15, -0.1) is 12.4 Å². The Labute approximate surface area is 68.6 Å². The van der Waals surface area contributed by atoms with Crippen molar-refractivity contribution in [3.05, 3.63) is 18.0 Å². The summed E-state index contributed by atoms with van der Waals surface area (Å²) in [5.74, 6) is 0. The average molecular weight is 184 g/mol. The topological polar surface area (TPSA) is 43.8 Å². The van der Waals surface area contributed by atoms with Crippen LogP contribution in [0, 0.1) is 0 Å². The maximum absolute atomic E-state index is 11.8. The highest BCUT2D eigenvalue weighted by Gasteiger charge is 2.05. The zero-order valence-electron chi connectivity index (χ0n) is 5.58. The molecule has 0 spiro atoms. The Morgan fingerprint density at radius 1 is 1.64 bits per heavy atom. The molecule has 6 heteroatoms. The Morgan fingerprint density at radius 2 is 2.27 bits per heavy atom. The van der Waals surface area contributed by atoms with Gasteiger partial charge in [-0.2, -0.15) is 13.9 Å². The molecule has 2 N–H and O–H groups in total. The molecule has 0 aliphatic heterocycles. The highest BCUT2D eigenvalue weighted by Crippen LogP contribution is 2.07. The van der Waals surface area contributed by atoms with Gasteiger partial charge in [-0.25, -0.2) is 4.68 Å². The van der Waals surface area contributed by atoms with Crippen molar-refractivity contribution < 1.29 is 8.78 Å². The van der Waals surface area contributed by atoms with Gasteiger partial charge in [0, 0.05) is 12.7 Å². The number of rotatable bonds is 2. The first-order valence-electron chi connectivity index (χ1n) is 2.76. The molecule has 1 aromatic rings. The van der Waals surface area contributed by atoms with Crippen LogP contribution in [0.4, 0.5) is 8.78 Å². The Morgan fingerprint density at radius 3 is 2.55 bits per heavy atom. The van der Waals surface area contributed by atoms with Crippen molar-refractivity contribution in [2.45, 2.75) is 13.1 Å². The van der Waals surface area contributed by atoms with Crippen molar-refractivity contribution in [2.24, 2.45) is 5.73 Å². The van der Waals surface area contributed by atoms with Gasteiger partial charge in [-0.1, -0.05) is 0 Å². The van der Waals surface area contributed by atoms with Crippen molar-refractivity contribution >= 4 is 12.4 Å². The predicted octanol–water partition coefficient (Wildman–Crippen LogP) is 1.16. The maximum Gasteiger partial charge on any atom is 0.333 e. The first kappa shape index (κ1) is 10.3. The van der Waals surface area contributed by atoms with E-state index in [1.807, 2.05) is 0 Å². The van der Waals surface area contributed by atoms with Gasteiger partial charge in [0.1, 0.15) is 0 Å². The van der Waals surface area contributed by atoms with Crippen molar-refractivity contribution in [3.8, 4) is 0 Å². The van der Waals surface area contributed by atoms with Crippen LogP contribution in [0.25, 0.3) is 0 Å². The number of aromatic nitrogens is 2. The van der Waals surface area contributed by atoms with Crippen molar-refractivity contribution in [3.63, 3.8) is 0 Å². The van der Waals surface area contributed by atoms with Gasteiger partial charge in [-0.3, -0.25) is 0 Å². The van der Waals surface area contributed by atoms with E-state index in [9.17, 15) is 8.78 Å². The van der Waals surface area contributed by atoms with E-state index in [0.29, 0.717) is 10.4 Å². The van der Waals surface area contributed by atoms with Gasteiger partial charge in [0.2, 0.25) is 0 Å². The third kappa shape index (κ3) is 2.44. The number of alkyl halides is 2. The smallest absolute Gasteiger partial charge is 0.325 e. The van der Waals surface area contributed by atoms with E-state index in [-0.39, 0.29) is 19.0 Å². The lowest BCUT2D eigenvalue weighted by molar-refractivity contribution is 0.0562. The van der Waals surface area contributed by atoms with Gasteiger partial charge < -0.3 is 5.73 Å².